The fourth-order valence-electron chi connectivity index (χ4n) is 13.9. The van der Waals surface area contributed by atoms with Gasteiger partial charge in [-0.2, -0.15) is 0 Å². The molecule has 4 amide bonds. The first kappa shape index (κ1) is 57.2. The number of amides is 4. The van der Waals surface area contributed by atoms with E-state index in [0.29, 0.717) is 37.9 Å². The van der Waals surface area contributed by atoms with E-state index >= 15 is 0 Å². The van der Waals surface area contributed by atoms with Crippen molar-refractivity contribution in [3.8, 4) is 10.4 Å². The molecule has 3 saturated carbocycles. The quantitative estimate of drug-likeness (QED) is 0.0895. The lowest BCUT2D eigenvalue weighted by Crippen LogP contribution is -2.62. The Kier molecular flexibility index (Phi) is 16.6. The molecule has 0 radical (unpaired) electrons. The highest BCUT2D eigenvalue weighted by atomic mass is 32.1. The minimum atomic E-state index is -0.984. The van der Waals surface area contributed by atoms with Crippen molar-refractivity contribution in [2.45, 2.75) is 152 Å². The normalized spacial score (nSPS) is 30.9. The molecule has 76 heavy (non-hydrogen) atoms. The first-order valence-electron chi connectivity index (χ1n) is 27.5. The number of ether oxygens (including phenoxy) is 3. The molecule has 414 valence electrons. The van der Waals surface area contributed by atoms with Gasteiger partial charge in [-0.3, -0.25) is 24.0 Å². The predicted octanol–water partition coefficient (Wildman–Crippen LogP) is 8.58. The second-order valence-electron chi connectivity index (χ2n) is 25.0. The highest BCUT2D eigenvalue weighted by molar-refractivity contribution is 7.13. The van der Waals surface area contributed by atoms with Crippen LogP contribution in [0.5, 0.6) is 0 Å². The molecule has 8 rings (SSSR count). The van der Waals surface area contributed by atoms with Crippen LogP contribution in [0, 0.1) is 45.3 Å². The summed E-state index contributed by atoms with van der Waals surface area (Å²) in [4.78, 5) is 74.7. The smallest absolute Gasteiger partial charge is 0.246 e. The van der Waals surface area contributed by atoms with Crippen molar-refractivity contribution in [3.63, 3.8) is 0 Å². The maximum atomic E-state index is 14.1. The monoisotopic (exact) mass is 1070 g/mol. The van der Waals surface area contributed by atoms with E-state index in [-0.39, 0.29) is 83.8 Å². The number of nitrogens with zero attached hydrogens (tertiary/aromatic N) is 2. The van der Waals surface area contributed by atoms with Crippen molar-refractivity contribution in [2.24, 2.45) is 38.4 Å². The predicted molar refractivity (Wildman–Crippen MR) is 293 cm³/mol. The van der Waals surface area contributed by atoms with Crippen molar-refractivity contribution in [1.82, 2.24) is 25.8 Å². The van der Waals surface area contributed by atoms with Crippen LogP contribution in [-0.2, 0) is 38.2 Å². The molecular formula is C60H83N5O10S. The van der Waals surface area contributed by atoms with Crippen LogP contribution < -0.4 is 16.0 Å². The van der Waals surface area contributed by atoms with Crippen LogP contribution in [0.3, 0.4) is 0 Å². The number of rotatable bonds is 18. The lowest BCUT2D eigenvalue weighted by molar-refractivity contribution is -0.169. The molecule has 2 heterocycles. The Labute approximate surface area is 453 Å². The van der Waals surface area contributed by atoms with Crippen LogP contribution in [0.2, 0.25) is 0 Å². The molecule has 1 aromatic carbocycles. The number of β-amino-alcohol motifs (C(OH)–C–C–N with tert-alkyl or cyclic N) is 1. The number of benzene rings is 1. The second-order valence-corrected chi connectivity index (χ2v) is 25.9. The number of fused-ring (bicyclic) bond motifs is 7. The van der Waals surface area contributed by atoms with E-state index in [0.717, 1.165) is 77.8 Å². The summed E-state index contributed by atoms with van der Waals surface area (Å²) in [5.74, 6) is -1.39. The summed E-state index contributed by atoms with van der Waals surface area (Å²) >= 11 is 1.57. The van der Waals surface area contributed by atoms with Crippen LogP contribution in [0.4, 0.5) is 0 Å². The number of aryl methyl sites for hydroxylation is 1. The van der Waals surface area contributed by atoms with Crippen molar-refractivity contribution in [3.05, 3.63) is 87.3 Å². The molecule has 10 atom stereocenters. The second kappa shape index (κ2) is 22.0. The summed E-state index contributed by atoms with van der Waals surface area (Å²) in [6.45, 7) is 24.3. The van der Waals surface area contributed by atoms with Crippen LogP contribution >= 0.6 is 11.3 Å². The SMILES string of the molecule is CC1=C(O)C(=O)C=C2C1=CC=C1[C@@]2(C)CC[C@@]2(C)[C@@H]3CC(C)(C(=O)NCCOCCOCCOCC(=O)N[C@H](C(=O)N4C[C@H](O)C[C@H]4C(=O)N[C@@H](C)c4ccc(-c5scnc5C)cc4)C(C)(C)C)CC[C@]3(C)CC[C@]12C. The molecule has 15 nitrogen and oxygen atoms in total. The number of aliphatic hydroxyl groups is 2. The number of likely N-dealkylation sites (tertiary alicyclic amines) is 1. The maximum absolute atomic E-state index is 14.1. The summed E-state index contributed by atoms with van der Waals surface area (Å²) in [5.41, 5.74) is 7.16. The number of thiazole rings is 1. The molecular weight excluding hydrogens is 983 g/mol. The fraction of sp³-hybridized carbons (Fsp3) is 0.633. The van der Waals surface area contributed by atoms with Crippen LogP contribution in [0.15, 0.2) is 76.1 Å². The lowest BCUT2D eigenvalue weighted by Gasteiger charge is -2.70. The van der Waals surface area contributed by atoms with E-state index in [1.54, 1.807) is 17.4 Å². The molecule has 1 aliphatic heterocycles. The Hall–Kier alpha value is -5.00. The maximum Gasteiger partial charge on any atom is 0.246 e. The van der Waals surface area contributed by atoms with Crippen LogP contribution in [0.1, 0.15) is 138 Å². The van der Waals surface area contributed by atoms with Gasteiger partial charge in [0, 0.05) is 35.9 Å². The summed E-state index contributed by atoms with van der Waals surface area (Å²) in [6, 6.07) is 5.67. The molecule has 4 fully saturated rings. The minimum absolute atomic E-state index is 0.0286. The van der Waals surface area contributed by atoms with E-state index in [4.69, 9.17) is 14.2 Å². The van der Waals surface area contributed by atoms with Gasteiger partial charge in [-0.15, -0.1) is 11.3 Å². The fourth-order valence-corrected chi connectivity index (χ4v) is 14.7. The lowest BCUT2D eigenvalue weighted by atomic mass is 9.34. The van der Waals surface area contributed by atoms with Crippen LogP contribution in [-0.4, -0.2) is 120 Å². The highest BCUT2D eigenvalue weighted by Gasteiger charge is 2.67. The Morgan fingerprint density at radius 3 is 2.22 bits per heavy atom. The van der Waals surface area contributed by atoms with Crippen molar-refractivity contribution in [2.75, 3.05) is 52.7 Å². The summed E-state index contributed by atoms with van der Waals surface area (Å²) < 4.78 is 17.1. The van der Waals surface area contributed by atoms with Gasteiger partial charge >= 0.3 is 0 Å². The highest BCUT2D eigenvalue weighted by Crippen LogP contribution is 2.75. The number of allylic oxidation sites excluding steroid dienone is 7. The van der Waals surface area contributed by atoms with Crippen molar-refractivity contribution in [1.29, 1.82) is 0 Å². The summed E-state index contributed by atoms with van der Waals surface area (Å²) in [7, 11) is 0. The van der Waals surface area contributed by atoms with Crippen molar-refractivity contribution < 1.29 is 48.4 Å². The Balaban J connectivity index is 0.738. The average Bonchev–Trinajstić information content (AvgIpc) is 4.02. The zero-order valence-electron chi connectivity index (χ0n) is 46.8. The van der Waals surface area contributed by atoms with Gasteiger partial charge in [-0.05, 0) is 122 Å². The van der Waals surface area contributed by atoms with Gasteiger partial charge in [0.15, 0.2) is 5.76 Å². The average molecular weight is 1070 g/mol. The Morgan fingerprint density at radius 2 is 1.55 bits per heavy atom. The Bertz CT molecular complexity index is 2700. The molecule has 0 spiro atoms. The number of ketones is 1. The molecule has 0 bridgehead atoms. The molecule has 2 aromatic rings. The Morgan fingerprint density at radius 1 is 0.882 bits per heavy atom. The van der Waals surface area contributed by atoms with Crippen LogP contribution in [0.25, 0.3) is 10.4 Å². The van der Waals surface area contributed by atoms with E-state index in [9.17, 15) is 34.2 Å². The van der Waals surface area contributed by atoms with E-state index in [1.807, 2.05) is 71.3 Å². The van der Waals surface area contributed by atoms with E-state index < -0.39 is 40.8 Å². The van der Waals surface area contributed by atoms with E-state index in [2.05, 4.69) is 67.7 Å². The number of hydrogen-bond donors (Lipinski definition) is 5. The summed E-state index contributed by atoms with van der Waals surface area (Å²) in [6.07, 6.45) is 12.0. The molecule has 1 unspecified atom stereocenters. The molecule has 16 heteroatoms. The first-order chi connectivity index (χ1) is 35.8. The van der Waals surface area contributed by atoms with Gasteiger partial charge in [0.25, 0.3) is 0 Å². The molecule has 5 aliphatic carbocycles. The first-order valence-corrected chi connectivity index (χ1v) is 28.3. The molecule has 5 N–H and O–H groups in total. The third kappa shape index (κ3) is 10.9. The van der Waals surface area contributed by atoms with E-state index in [1.165, 1.54) is 10.5 Å². The largest absolute Gasteiger partial charge is 0.504 e. The zero-order chi connectivity index (χ0) is 55.2. The van der Waals surface area contributed by atoms with Gasteiger partial charge in [0.2, 0.25) is 29.4 Å². The third-order valence-corrected chi connectivity index (χ3v) is 20.0. The standard InChI is InChI=1S/C60H83N5O10S/c1-36-42-16-17-46-58(9,43(42)31-45(67)49(36)69)21-23-60(11)47-32-57(8,19-18-56(47,7)20-22-59(46,60)10)54(72)61-24-25-73-26-27-74-28-29-75-34-48(68)64-51(55(4,5)6)53(71)65-33-41(66)30-44(65)52(70)63-37(2)39-12-14-40(15-13-39)50-38(3)62-35-76-50/h12-17,31,35,37,41,44,47,51,66,69H,18-30,32-34H2,1-11H3,(H,61,72)(H,63,70)(H,64,68)/t37-,41+,44-,47+,51+,56+,57?,58-,59+,60-/m0/s1. The number of aliphatic hydroxyl groups excluding tert-OH is 2. The number of hydrogen-bond acceptors (Lipinski definition) is 12. The summed E-state index contributed by atoms with van der Waals surface area (Å²) in [5, 5.41) is 30.2. The number of nitrogens with one attached hydrogen (secondary N) is 3. The van der Waals surface area contributed by atoms with Gasteiger partial charge in [-0.1, -0.05) is 97.4 Å². The van der Waals surface area contributed by atoms with Gasteiger partial charge in [0.05, 0.1) is 61.3 Å². The third-order valence-electron chi connectivity index (χ3n) is 19.0. The molecule has 1 saturated heterocycles. The molecule has 6 aliphatic rings. The molecule has 1 aromatic heterocycles. The van der Waals surface area contributed by atoms with Gasteiger partial charge < -0.3 is 45.3 Å². The topological polar surface area (TPSA) is 206 Å². The zero-order valence-corrected chi connectivity index (χ0v) is 47.6. The number of carbonyl (C=O) groups is 5. The van der Waals surface area contributed by atoms with Gasteiger partial charge in [-0.25, -0.2) is 4.98 Å². The number of carbonyl (C=O) groups excluding carboxylic acids is 5. The van der Waals surface area contributed by atoms with Crippen molar-refractivity contribution >= 4 is 40.7 Å². The number of aromatic nitrogens is 1. The minimum Gasteiger partial charge on any atom is -0.504 e. The van der Waals surface area contributed by atoms with Gasteiger partial charge in [0.1, 0.15) is 18.7 Å².